The normalized spacial score (nSPS) is 11.4. The van der Waals surface area contributed by atoms with Crippen LogP contribution in [0, 0.1) is 0 Å². The number of thiazole rings is 1. The summed E-state index contributed by atoms with van der Waals surface area (Å²) in [6.07, 6.45) is 0. The first-order valence-electron chi connectivity index (χ1n) is 8.25. The number of nitrogens with zero attached hydrogens (tertiary/aromatic N) is 1. The highest BCUT2D eigenvalue weighted by molar-refractivity contribution is 7.92. The quantitative estimate of drug-likeness (QED) is 0.506. The third-order valence-corrected chi connectivity index (χ3v) is 6.52. The molecule has 4 rings (SSSR count). The molecule has 6 nitrogen and oxygen atoms in total. The molecular weight excluding hydrogens is 396 g/mol. The minimum Gasteiger partial charge on any atom is -0.478 e. The fourth-order valence-corrected chi connectivity index (χ4v) is 4.88. The summed E-state index contributed by atoms with van der Waals surface area (Å²) >= 11 is 1.47. The Bertz CT molecular complexity index is 1260. The van der Waals surface area contributed by atoms with E-state index in [-0.39, 0.29) is 10.5 Å². The maximum absolute atomic E-state index is 12.8. The van der Waals surface area contributed by atoms with E-state index in [2.05, 4.69) is 9.71 Å². The Morgan fingerprint density at radius 2 is 1.71 bits per heavy atom. The van der Waals surface area contributed by atoms with E-state index in [4.69, 9.17) is 5.11 Å². The average Bonchev–Trinajstić information content (AvgIpc) is 3.12. The van der Waals surface area contributed by atoms with Crippen molar-refractivity contribution in [2.75, 3.05) is 4.72 Å². The summed E-state index contributed by atoms with van der Waals surface area (Å²) in [5, 5.41) is 9.80. The van der Waals surface area contributed by atoms with Crippen LogP contribution in [0.25, 0.3) is 20.8 Å². The van der Waals surface area contributed by atoms with Crippen LogP contribution in [-0.4, -0.2) is 24.5 Å². The van der Waals surface area contributed by atoms with Crippen molar-refractivity contribution in [2.45, 2.75) is 4.90 Å². The molecule has 0 aliphatic rings. The van der Waals surface area contributed by atoms with Gasteiger partial charge in [0.15, 0.2) is 0 Å². The van der Waals surface area contributed by atoms with Gasteiger partial charge in [0.05, 0.1) is 26.4 Å². The molecular formula is C20H14N2O4S2. The van der Waals surface area contributed by atoms with Crippen LogP contribution in [0.2, 0.25) is 0 Å². The Morgan fingerprint density at radius 1 is 0.964 bits per heavy atom. The van der Waals surface area contributed by atoms with Gasteiger partial charge in [-0.25, -0.2) is 18.2 Å². The largest absolute Gasteiger partial charge is 0.478 e. The molecule has 0 aliphatic heterocycles. The molecule has 1 aromatic heterocycles. The van der Waals surface area contributed by atoms with Crippen molar-refractivity contribution in [3.8, 4) is 10.6 Å². The van der Waals surface area contributed by atoms with Crippen LogP contribution in [0.5, 0.6) is 0 Å². The van der Waals surface area contributed by atoms with Gasteiger partial charge < -0.3 is 5.11 Å². The van der Waals surface area contributed by atoms with Crippen molar-refractivity contribution >= 4 is 43.2 Å². The first-order valence-corrected chi connectivity index (χ1v) is 10.6. The van der Waals surface area contributed by atoms with Crippen LogP contribution in [0.1, 0.15) is 10.4 Å². The third kappa shape index (κ3) is 3.47. The SMILES string of the molecule is O=C(O)c1cccc(S(=O)(=O)Nc2ccccc2-c2nc3ccccc3s2)c1. The number of aromatic carboxylic acids is 1. The lowest BCUT2D eigenvalue weighted by atomic mass is 10.2. The van der Waals surface area contributed by atoms with Gasteiger partial charge in [0.25, 0.3) is 10.0 Å². The van der Waals surface area contributed by atoms with Crippen LogP contribution in [-0.2, 0) is 10.0 Å². The van der Waals surface area contributed by atoms with Crippen LogP contribution in [0.15, 0.2) is 77.7 Å². The molecule has 0 saturated carbocycles. The molecule has 0 radical (unpaired) electrons. The van der Waals surface area contributed by atoms with Crippen LogP contribution in [0.3, 0.4) is 0 Å². The third-order valence-electron chi connectivity index (χ3n) is 4.09. The van der Waals surface area contributed by atoms with Crippen molar-refractivity contribution in [1.82, 2.24) is 4.98 Å². The van der Waals surface area contributed by atoms with Crippen molar-refractivity contribution in [2.24, 2.45) is 0 Å². The maximum Gasteiger partial charge on any atom is 0.335 e. The number of carboxylic acids is 1. The molecule has 2 N–H and O–H groups in total. The number of benzene rings is 3. The summed E-state index contributed by atoms with van der Waals surface area (Å²) in [4.78, 5) is 15.6. The summed E-state index contributed by atoms with van der Waals surface area (Å²) in [6, 6.07) is 19.9. The number of sulfonamides is 1. The highest BCUT2D eigenvalue weighted by atomic mass is 32.2. The van der Waals surface area contributed by atoms with Crippen LogP contribution >= 0.6 is 11.3 Å². The Balaban J connectivity index is 1.74. The number of hydrogen-bond donors (Lipinski definition) is 2. The fourth-order valence-electron chi connectivity index (χ4n) is 2.75. The first-order chi connectivity index (χ1) is 13.4. The van der Waals surface area contributed by atoms with Gasteiger partial charge >= 0.3 is 5.97 Å². The summed E-state index contributed by atoms with van der Waals surface area (Å²) in [7, 11) is -3.97. The van der Waals surface area contributed by atoms with Gasteiger partial charge in [0.1, 0.15) is 5.01 Å². The standard InChI is InChI=1S/C20H14N2O4S2/c23-20(24)13-6-5-7-14(12-13)28(25,26)22-16-9-2-1-8-15(16)19-21-17-10-3-4-11-18(17)27-19/h1-12,22H,(H,23,24). The smallest absolute Gasteiger partial charge is 0.335 e. The van der Waals surface area contributed by atoms with E-state index in [1.54, 1.807) is 18.2 Å². The van der Waals surface area contributed by atoms with E-state index in [1.165, 1.54) is 29.5 Å². The topological polar surface area (TPSA) is 96.4 Å². The Morgan fingerprint density at radius 3 is 2.50 bits per heavy atom. The number of fused-ring (bicyclic) bond motifs is 1. The number of rotatable bonds is 5. The number of carboxylic acid groups (broad SMARTS) is 1. The predicted molar refractivity (Wildman–Crippen MR) is 109 cm³/mol. The van der Waals surface area contributed by atoms with Gasteiger partial charge in [-0.1, -0.05) is 30.3 Å². The minimum atomic E-state index is -3.97. The predicted octanol–water partition coefficient (Wildman–Crippen LogP) is 4.46. The van der Waals surface area contributed by atoms with Gasteiger partial charge in [-0.2, -0.15) is 0 Å². The Kier molecular flexibility index (Phi) is 4.58. The zero-order valence-electron chi connectivity index (χ0n) is 14.4. The highest BCUT2D eigenvalue weighted by Crippen LogP contribution is 2.35. The zero-order valence-corrected chi connectivity index (χ0v) is 16.0. The molecule has 0 spiro atoms. The van der Waals surface area contributed by atoms with Gasteiger partial charge in [-0.05, 0) is 42.5 Å². The van der Waals surface area contributed by atoms with E-state index in [0.717, 1.165) is 16.3 Å². The number of hydrogen-bond acceptors (Lipinski definition) is 5. The summed E-state index contributed by atoms with van der Waals surface area (Å²) in [5.74, 6) is -1.19. The van der Waals surface area contributed by atoms with Gasteiger partial charge in [-0.15, -0.1) is 11.3 Å². The van der Waals surface area contributed by atoms with Crippen molar-refractivity contribution in [3.05, 3.63) is 78.4 Å². The average molecular weight is 410 g/mol. The Labute approximate surface area is 165 Å². The van der Waals surface area contributed by atoms with Crippen LogP contribution < -0.4 is 4.72 Å². The van der Waals surface area contributed by atoms with Crippen molar-refractivity contribution in [3.63, 3.8) is 0 Å². The maximum atomic E-state index is 12.8. The molecule has 140 valence electrons. The van der Waals surface area contributed by atoms with E-state index in [0.29, 0.717) is 16.3 Å². The fraction of sp³-hybridized carbons (Fsp3) is 0. The molecule has 28 heavy (non-hydrogen) atoms. The van der Waals surface area contributed by atoms with Gasteiger partial charge in [-0.3, -0.25) is 4.72 Å². The molecule has 0 bridgehead atoms. The molecule has 4 aromatic rings. The first kappa shape index (κ1) is 18.1. The van der Waals surface area contributed by atoms with E-state index < -0.39 is 16.0 Å². The molecule has 0 fully saturated rings. The van der Waals surface area contributed by atoms with E-state index in [9.17, 15) is 13.2 Å². The lowest BCUT2D eigenvalue weighted by molar-refractivity contribution is 0.0696. The van der Waals surface area contributed by atoms with Crippen molar-refractivity contribution in [1.29, 1.82) is 0 Å². The molecule has 0 saturated heterocycles. The molecule has 0 unspecified atom stereocenters. The van der Waals surface area contributed by atoms with E-state index >= 15 is 0 Å². The number of nitrogens with one attached hydrogen (secondary N) is 1. The lowest BCUT2D eigenvalue weighted by Gasteiger charge is -2.11. The number of para-hydroxylation sites is 2. The highest BCUT2D eigenvalue weighted by Gasteiger charge is 2.19. The summed E-state index contributed by atoms with van der Waals surface area (Å²) in [5.41, 5.74) is 1.78. The number of anilines is 1. The van der Waals surface area contributed by atoms with Crippen LogP contribution in [0.4, 0.5) is 5.69 Å². The summed E-state index contributed by atoms with van der Waals surface area (Å²) < 4.78 is 29.2. The number of aromatic nitrogens is 1. The second-order valence-electron chi connectivity index (χ2n) is 5.97. The molecule has 3 aromatic carbocycles. The second kappa shape index (κ2) is 7.06. The molecule has 0 atom stereocenters. The van der Waals surface area contributed by atoms with Crippen molar-refractivity contribution < 1.29 is 18.3 Å². The lowest BCUT2D eigenvalue weighted by Crippen LogP contribution is -2.14. The van der Waals surface area contributed by atoms with E-state index in [1.807, 2.05) is 30.3 Å². The monoisotopic (exact) mass is 410 g/mol. The molecule has 0 amide bonds. The zero-order chi connectivity index (χ0) is 19.7. The molecule has 0 aliphatic carbocycles. The Hall–Kier alpha value is -3.23. The van der Waals surface area contributed by atoms with Gasteiger partial charge in [0, 0.05) is 5.56 Å². The number of carbonyl (C=O) groups is 1. The molecule has 1 heterocycles. The minimum absolute atomic E-state index is 0.0951. The summed E-state index contributed by atoms with van der Waals surface area (Å²) in [6.45, 7) is 0. The molecule has 8 heteroatoms. The second-order valence-corrected chi connectivity index (χ2v) is 8.68. The van der Waals surface area contributed by atoms with Gasteiger partial charge in [0.2, 0.25) is 0 Å².